The molecule has 1 amide bonds. The van der Waals surface area contributed by atoms with Crippen LogP contribution in [0.4, 0.5) is 0 Å². The van der Waals surface area contributed by atoms with E-state index in [9.17, 15) is 4.79 Å². The van der Waals surface area contributed by atoms with Crippen LogP contribution in [0.2, 0.25) is 0 Å². The number of allylic oxidation sites excluding steroid dienone is 1. The summed E-state index contributed by atoms with van der Waals surface area (Å²) in [6, 6.07) is 11.2. The van der Waals surface area contributed by atoms with E-state index in [-0.39, 0.29) is 11.4 Å². The van der Waals surface area contributed by atoms with E-state index < -0.39 is 5.91 Å². The minimum Gasteiger partial charge on any atom is -0.394 e. The first kappa shape index (κ1) is 21.7. The minimum atomic E-state index is -0.434. The zero-order valence-corrected chi connectivity index (χ0v) is 18.4. The molecule has 2 aromatic carbocycles. The van der Waals surface area contributed by atoms with Gasteiger partial charge in [0, 0.05) is 38.2 Å². The van der Waals surface area contributed by atoms with Crippen LogP contribution in [0.25, 0.3) is 27.8 Å². The van der Waals surface area contributed by atoms with Crippen LogP contribution in [0, 0.1) is 5.41 Å². The van der Waals surface area contributed by atoms with Crippen molar-refractivity contribution in [1.82, 2.24) is 30.2 Å². The molecule has 2 aromatic heterocycles. The van der Waals surface area contributed by atoms with Gasteiger partial charge in [-0.3, -0.25) is 19.7 Å². The van der Waals surface area contributed by atoms with Gasteiger partial charge in [-0.15, -0.1) is 0 Å². The van der Waals surface area contributed by atoms with E-state index in [1.54, 1.807) is 24.4 Å². The number of ether oxygens (including phenoxy) is 1. The van der Waals surface area contributed by atoms with E-state index >= 15 is 0 Å². The lowest BCUT2D eigenvalue weighted by molar-refractivity contribution is 0.0342. The third-order valence-electron chi connectivity index (χ3n) is 5.74. The van der Waals surface area contributed by atoms with Crippen molar-refractivity contribution in [3.8, 4) is 0 Å². The number of carbonyl (C=O) groups is 1. The first-order valence-corrected chi connectivity index (χ1v) is 10.9. The molecule has 1 aliphatic rings. The number of rotatable bonds is 6. The molecular formula is C24H24N8O2. The Hall–Kier alpha value is -4.15. The van der Waals surface area contributed by atoms with Crippen molar-refractivity contribution in [2.24, 2.45) is 5.73 Å². The number of hydrogen-bond acceptors (Lipinski definition) is 8. The second-order valence-corrected chi connectivity index (χ2v) is 7.98. The molecule has 34 heavy (non-hydrogen) atoms. The van der Waals surface area contributed by atoms with Gasteiger partial charge in [0.2, 0.25) is 0 Å². The maximum absolute atomic E-state index is 13.0. The van der Waals surface area contributed by atoms with Crippen LogP contribution in [-0.4, -0.2) is 63.3 Å². The number of hydrogen-bond donors (Lipinski definition) is 4. The summed E-state index contributed by atoms with van der Waals surface area (Å²) in [7, 11) is 0. The fourth-order valence-corrected chi connectivity index (χ4v) is 3.97. The van der Waals surface area contributed by atoms with E-state index in [0.717, 1.165) is 55.7 Å². The zero-order chi connectivity index (χ0) is 23.5. The Labute approximate surface area is 195 Å². The molecule has 1 fully saturated rings. The quantitative estimate of drug-likeness (QED) is 0.325. The molecule has 5 rings (SSSR count). The number of benzene rings is 2. The number of nitrogens with two attached hydrogens (primary N) is 1. The van der Waals surface area contributed by atoms with Crippen molar-refractivity contribution in [1.29, 1.82) is 5.41 Å². The molecule has 10 nitrogen and oxygen atoms in total. The number of aromatic nitrogens is 4. The molecule has 10 heteroatoms. The zero-order valence-electron chi connectivity index (χ0n) is 18.4. The summed E-state index contributed by atoms with van der Waals surface area (Å²) in [6.07, 6.45) is 4.10. The predicted octanol–water partition coefficient (Wildman–Crippen LogP) is 2.05. The van der Waals surface area contributed by atoms with Gasteiger partial charge in [0.25, 0.3) is 5.91 Å². The molecule has 1 aliphatic heterocycles. The van der Waals surface area contributed by atoms with E-state index in [1.165, 1.54) is 6.20 Å². The summed E-state index contributed by atoms with van der Waals surface area (Å²) in [5, 5.41) is 10.5. The van der Waals surface area contributed by atoms with Crippen LogP contribution in [0.15, 0.2) is 54.5 Å². The van der Waals surface area contributed by atoms with Crippen molar-refractivity contribution in [2.75, 3.05) is 26.3 Å². The van der Waals surface area contributed by atoms with Crippen LogP contribution in [0.3, 0.4) is 0 Å². The van der Waals surface area contributed by atoms with Crippen molar-refractivity contribution >= 4 is 39.9 Å². The van der Waals surface area contributed by atoms with Gasteiger partial charge in [-0.1, -0.05) is 12.1 Å². The van der Waals surface area contributed by atoms with Gasteiger partial charge in [-0.25, -0.2) is 4.98 Å². The van der Waals surface area contributed by atoms with Crippen LogP contribution < -0.4 is 11.1 Å². The number of H-pyrrole nitrogens is 1. The lowest BCUT2D eigenvalue weighted by Crippen LogP contribution is -2.35. The Balaban J connectivity index is 1.40. The first-order valence-electron chi connectivity index (χ1n) is 10.9. The van der Waals surface area contributed by atoms with Gasteiger partial charge in [0.05, 0.1) is 41.0 Å². The predicted molar refractivity (Wildman–Crippen MR) is 129 cm³/mol. The number of morpholine rings is 1. The molecule has 0 spiro atoms. The molecular weight excluding hydrogens is 432 g/mol. The highest BCUT2D eigenvalue weighted by molar-refractivity contribution is 6.08. The SMILES string of the molecule is N=CC(NC(=O)c1cccc2nccnc12)=C(N)c1nc2ccc(CN3CCOCC3)cc2[nH]1. The molecule has 0 aliphatic carbocycles. The largest absolute Gasteiger partial charge is 0.394 e. The third-order valence-corrected chi connectivity index (χ3v) is 5.74. The Morgan fingerprint density at radius 3 is 2.82 bits per heavy atom. The number of imidazole rings is 1. The van der Waals surface area contributed by atoms with Gasteiger partial charge < -0.3 is 26.2 Å². The highest BCUT2D eigenvalue weighted by atomic mass is 16.5. The topological polar surface area (TPSA) is 146 Å². The highest BCUT2D eigenvalue weighted by Gasteiger charge is 2.17. The molecule has 0 atom stereocenters. The number of carbonyl (C=O) groups excluding carboxylic acids is 1. The summed E-state index contributed by atoms with van der Waals surface area (Å²) in [5.74, 6) is -0.0495. The van der Waals surface area contributed by atoms with Crippen LogP contribution >= 0.6 is 0 Å². The summed E-state index contributed by atoms with van der Waals surface area (Å²) < 4.78 is 5.42. The van der Waals surface area contributed by atoms with Gasteiger partial charge in [0.15, 0.2) is 5.82 Å². The highest BCUT2D eigenvalue weighted by Crippen LogP contribution is 2.19. The summed E-state index contributed by atoms with van der Waals surface area (Å²) in [4.78, 5) is 31.6. The average Bonchev–Trinajstić information content (AvgIpc) is 3.30. The average molecular weight is 457 g/mol. The van der Waals surface area contributed by atoms with Crippen molar-refractivity contribution < 1.29 is 9.53 Å². The van der Waals surface area contributed by atoms with Crippen LogP contribution in [-0.2, 0) is 11.3 Å². The van der Waals surface area contributed by atoms with E-state index in [0.29, 0.717) is 22.4 Å². The van der Waals surface area contributed by atoms with Crippen molar-refractivity contribution in [3.05, 3.63) is 71.4 Å². The molecule has 5 N–H and O–H groups in total. The second kappa shape index (κ2) is 9.38. The van der Waals surface area contributed by atoms with Gasteiger partial charge in [0.1, 0.15) is 11.2 Å². The number of para-hydroxylation sites is 1. The number of fused-ring (bicyclic) bond motifs is 2. The van der Waals surface area contributed by atoms with Gasteiger partial charge in [-0.05, 0) is 29.8 Å². The smallest absolute Gasteiger partial charge is 0.258 e. The van der Waals surface area contributed by atoms with Crippen molar-refractivity contribution in [2.45, 2.75) is 6.54 Å². The van der Waals surface area contributed by atoms with Gasteiger partial charge >= 0.3 is 0 Å². The molecule has 0 radical (unpaired) electrons. The monoisotopic (exact) mass is 456 g/mol. The summed E-state index contributed by atoms with van der Waals surface area (Å²) in [6.45, 7) is 4.15. The second-order valence-electron chi connectivity index (χ2n) is 7.98. The first-order chi connectivity index (χ1) is 16.6. The minimum absolute atomic E-state index is 0.137. The Morgan fingerprint density at radius 1 is 1.18 bits per heavy atom. The standard InChI is InChI=1S/C24H24N8O2/c25-13-20(31-24(33)16-2-1-3-18-22(16)28-7-6-27-18)21(26)23-29-17-5-4-15(12-19(17)30-23)14-32-8-10-34-11-9-32/h1-7,12-13,25H,8-11,14,26H2,(H,29,30)(H,31,33). The molecule has 0 unspecified atom stereocenters. The lowest BCUT2D eigenvalue weighted by atomic mass is 10.1. The molecule has 1 saturated heterocycles. The van der Waals surface area contributed by atoms with Crippen LogP contribution in [0.5, 0.6) is 0 Å². The molecule has 3 heterocycles. The molecule has 4 aromatic rings. The molecule has 0 bridgehead atoms. The fourth-order valence-electron chi connectivity index (χ4n) is 3.97. The number of amides is 1. The van der Waals surface area contributed by atoms with Crippen molar-refractivity contribution in [3.63, 3.8) is 0 Å². The number of nitrogens with zero attached hydrogens (tertiary/aromatic N) is 4. The Bertz CT molecular complexity index is 1400. The fraction of sp³-hybridized carbons (Fsp3) is 0.208. The maximum Gasteiger partial charge on any atom is 0.258 e. The lowest BCUT2D eigenvalue weighted by Gasteiger charge is -2.26. The Morgan fingerprint density at radius 2 is 2.00 bits per heavy atom. The Kier molecular flexibility index (Phi) is 5.98. The number of aromatic amines is 1. The normalized spacial score (nSPS) is 15.3. The molecule has 0 saturated carbocycles. The van der Waals surface area contributed by atoms with E-state index in [1.807, 2.05) is 18.2 Å². The van der Waals surface area contributed by atoms with E-state index in [2.05, 4.69) is 30.2 Å². The number of nitrogens with one attached hydrogen (secondary N) is 3. The summed E-state index contributed by atoms with van der Waals surface area (Å²) >= 11 is 0. The summed E-state index contributed by atoms with van der Waals surface area (Å²) in [5.41, 5.74) is 10.8. The van der Waals surface area contributed by atoms with Gasteiger partial charge in [-0.2, -0.15) is 0 Å². The molecule has 172 valence electrons. The third kappa shape index (κ3) is 4.36. The van der Waals surface area contributed by atoms with Crippen LogP contribution in [0.1, 0.15) is 21.7 Å². The maximum atomic E-state index is 13.0. The van der Waals surface area contributed by atoms with E-state index in [4.69, 9.17) is 15.9 Å².